The van der Waals surface area contributed by atoms with Crippen molar-refractivity contribution >= 4 is 22.4 Å². The van der Waals surface area contributed by atoms with Crippen LogP contribution in [-0.4, -0.2) is 32.1 Å². The minimum Gasteiger partial charge on any atom is -0.493 e. The first kappa shape index (κ1) is 21.0. The number of fused-ring (bicyclic) bond motifs is 1. The summed E-state index contributed by atoms with van der Waals surface area (Å²) < 4.78 is 7.60. The highest BCUT2D eigenvalue weighted by Crippen LogP contribution is 2.45. The van der Waals surface area contributed by atoms with Crippen LogP contribution in [0, 0.1) is 6.57 Å². The Labute approximate surface area is 192 Å². The zero-order valence-corrected chi connectivity index (χ0v) is 18.6. The minimum atomic E-state index is -0.710. The molecule has 5 rings (SSSR count). The zero-order valence-electron chi connectivity index (χ0n) is 18.6. The smallest absolute Gasteiger partial charge is 0.254 e. The summed E-state index contributed by atoms with van der Waals surface area (Å²) in [6, 6.07) is 17.7. The lowest BCUT2D eigenvalue weighted by Crippen LogP contribution is -2.42. The molecule has 0 bridgehead atoms. The molecule has 0 radical (unpaired) electrons. The molecule has 1 aliphatic rings. The molecule has 33 heavy (non-hydrogen) atoms. The molecule has 0 unspecified atom stereocenters. The number of rotatable bonds is 5. The van der Waals surface area contributed by atoms with E-state index >= 15 is 0 Å². The van der Waals surface area contributed by atoms with E-state index in [1.165, 1.54) is 0 Å². The van der Waals surface area contributed by atoms with Gasteiger partial charge in [-0.3, -0.25) is 4.68 Å². The maximum absolute atomic E-state index is 10.1. The number of hydrogen-bond acceptors (Lipinski definition) is 5. The fraction of sp³-hybridized carbons (Fsp3) is 0.269. The van der Waals surface area contributed by atoms with Gasteiger partial charge in [-0.2, -0.15) is 5.10 Å². The molecule has 0 amide bonds. The quantitative estimate of drug-likeness (QED) is 0.407. The van der Waals surface area contributed by atoms with E-state index in [1.807, 2.05) is 61.5 Å². The van der Waals surface area contributed by atoms with Crippen molar-refractivity contribution in [2.24, 2.45) is 0 Å². The molecule has 1 fully saturated rings. The van der Waals surface area contributed by atoms with Crippen molar-refractivity contribution in [2.75, 3.05) is 12.3 Å². The first-order valence-electron chi connectivity index (χ1n) is 11.0. The average molecular weight is 440 g/mol. The highest BCUT2D eigenvalue weighted by atomic mass is 16.5. The van der Waals surface area contributed by atoms with Crippen LogP contribution in [0.15, 0.2) is 54.6 Å². The van der Waals surface area contributed by atoms with Gasteiger partial charge in [0.15, 0.2) is 0 Å². The van der Waals surface area contributed by atoms with Crippen molar-refractivity contribution in [1.82, 2.24) is 14.8 Å². The summed E-state index contributed by atoms with van der Waals surface area (Å²) in [4.78, 5) is 8.55. The fourth-order valence-corrected chi connectivity index (χ4v) is 4.53. The van der Waals surface area contributed by atoms with E-state index < -0.39 is 5.60 Å². The second-order valence-corrected chi connectivity index (χ2v) is 8.73. The number of pyridine rings is 1. The topological polar surface area (TPSA) is 90.5 Å². The SMILES string of the molecule is [C-]#[N+]c1c(-c2ccc3c(OCC)cc(-c4ccccc4)nc3c2)nn(C2CC(C)(O)C2)c1N. The van der Waals surface area contributed by atoms with Crippen LogP contribution in [0.4, 0.5) is 11.5 Å². The lowest BCUT2D eigenvalue weighted by atomic mass is 9.77. The molecule has 2 aromatic heterocycles. The van der Waals surface area contributed by atoms with Crippen molar-refractivity contribution < 1.29 is 9.84 Å². The van der Waals surface area contributed by atoms with Gasteiger partial charge in [0.1, 0.15) is 17.3 Å². The van der Waals surface area contributed by atoms with Gasteiger partial charge in [-0.15, -0.1) is 0 Å². The van der Waals surface area contributed by atoms with E-state index in [1.54, 1.807) is 11.6 Å². The molecule has 7 heteroatoms. The predicted molar refractivity (Wildman–Crippen MR) is 129 cm³/mol. The van der Waals surface area contributed by atoms with Gasteiger partial charge >= 0.3 is 0 Å². The highest BCUT2D eigenvalue weighted by molar-refractivity contribution is 5.93. The molecule has 1 aliphatic carbocycles. The Kier molecular flexibility index (Phi) is 5.03. The Bertz CT molecular complexity index is 1380. The van der Waals surface area contributed by atoms with Crippen molar-refractivity contribution in [2.45, 2.75) is 38.3 Å². The van der Waals surface area contributed by atoms with Gasteiger partial charge in [0.2, 0.25) is 0 Å². The van der Waals surface area contributed by atoms with E-state index in [9.17, 15) is 5.11 Å². The Hall–Kier alpha value is -3.89. The summed E-state index contributed by atoms with van der Waals surface area (Å²) in [5.74, 6) is 1.10. The number of nitrogens with two attached hydrogens (primary N) is 1. The first-order valence-corrected chi connectivity index (χ1v) is 11.0. The van der Waals surface area contributed by atoms with Crippen molar-refractivity contribution in [3.63, 3.8) is 0 Å². The van der Waals surface area contributed by atoms with E-state index in [2.05, 4.69) is 4.85 Å². The van der Waals surface area contributed by atoms with Crippen LogP contribution < -0.4 is 10.5 Å². The number of nitrogen functional groups attached to an aromatic ring is 1. The summed E-state index contributed by atoms with van der Waals surface area (Å²) in [6.07, 6.45) is 1.13. The van der Waals surface area contributed by atoms with Crippen molar-refractivity contribution in [1.29, 1.82) is 0 Å². The monoisotopic (exact) mass is 439 g/mol. The molecular weight excluding hydrogens is 414 g/mol. The maximum Gasteiger partial charge on any atom is 0.254 e. The first-order chi connectivity index (χ1) is 15.9. The number of aromatic nitrogens is 3. The van der Waals surface area contributed by atoms with Crippen LogP contribution in [0.2, 0.25) is 0 Å². The van der Waals surface area contributed by atoms with Crippen molar-refractivity contribution in [3.05, 3.63) is 66.0 Å². The lowest BCUT2D eigenvalue weighted by molar-refractivity contribution is -0.0535. The Balaban J connectivity index is 1.63. The molecule has 0 aliphatic heterocycles. The van der Waals surface area contributed by atoms with Crippen LogP contribution in [0.5, 0.6) is 5.75 Å². The number of hydrogen-bond donors (Lipinski definition) is 2. The second-order valence-electron chi connectivity index (χ2n) is 8.73. The molecule has 7 nitrogen and oxygen atoms in total. The molecule has 0 saturated heterocycles. The normalized spacial score (nSPS) is 19.8. The molecule has 2 aromatic carbocycles. The number of anilines is 1. The largest absolute Gasteiger partial charge is 0.493 e. The summed E-state index contributed by atoms with van der Waals surface area (Å²) in [7, 11) is 0. The van der Waals surface area contributed by atoms with Crippen LogP contribution in [0.3, 0.4) is 0 Å². The number of benzene rings is 2. The second kappa shape index (κ2) is 7.91. The number of nitrogens with zero attached hydrogens (tertiary/aromatic N) is 4. The molecule has 4 aromatic rings. The molecule has 1 saturated carbocycles. The molecule has 3 N–H and O–H groups in total. The van der Waals surface area contributed by atoms with Crippen LogP contribution in [-0.2, 0) is 0 Å². The maximum atomic E-state index is 10.1. The van der Waals surface area contributed by atoms with Gasteiger partial charge < -0.3 is 15.6 Å². The van der Waals surface area contributed by atoms with Crippen LogP contribution in [0.25, 0.3) is 38.3 Å². The van der Waals surface area contributed by atoms with Gasteiger partial charge in [0, 0.05) is 17.0 Å². The minimum absolute atomic E-state index is 0.0120. The third-order valence-corrected chi connectivity index (χ3v) is 6.14. The summed E-state index contributed by atoms with van der Waals surface area (Å²) >= 11 is 0. The predicted octanol–water partition coefficient (Wildman–Crippen LogP) is 5.38. The van der Waals surface area contributed by atoms with Gasteiger partial charge in [-0.25, -0.2) is 9.83 Å². The highest BCUT2D eigenvalue weighted by Gasteiger charge is 2.41. The summed E-state index contributed by atoms with van der Waals surface area (Å²) in [5.41, 5.74) is 9.78. The number of aliphatic hydroxyl groups is 1. The van der Waals surface area contributed by atoms with Crippen molar-refractivity contribution in [3.8, 4) is 28.3 Å². The van der Waals surface area contributed by atoms with Crippen LogP contribution in [0.1, 0.15) is 32.7 Å². The van der Waals surface area contributed by atoms with Crippen LogP contribution >= 0.6 is 0 Å². The Morgan fingerprint density at radius 1 is 1.18 bits per heavy atom. The molecule has 0 atom stereocenters. The molecule has 2 heterocycles. The standard InChI is InChI=1S/C26H25N5O2/c1-4-33-22-13-20(16-8-6-5-7-9-16)29-21-12-17(10-11-19(21)22)23-24(28-3)25(27)31(30-23)18-14-26(2,32)15-18/h5-13,18,32H,4,14-15,27H2,1-2H3. The molecular formula is C26H25N5O2. The van der Waals surface area contributed by atoms with Gasteiger partial charge in [0.25, 0.3) is 5.69 Å². The van der Waals surface area contributed by atoms with Gasteiger partial charge in [-0.1, -0.05) is 36.4 Å². The zero-order chi connectivity index (χ0) is 23.2. The summed E-state index contributed by atoms with van der Waals surface area (Å²) in [5, 5.41) is 15.7. The Morgan fingerprint density at radius 3 is 2.61 bits per heavy atom. The third-order valence-electron chi connectivity index (χ3n) is 6.14. The molecule has 0 spiro atoms. The third kappa shape index (κ3) is 3.69. The van der Waals surface area contributed by atoms with E-state index in [-0.39, 0.29) is 6.04 Å². The van der Waals surface area contributed by atoms with E-state index in [0.717, 1.165) is 33.5 Å². The lowest BCUT2D eigenvalue weighted by Gasteiger charge is -2.41. The van der Waals surface area contributed by atoms with Gasteiger partial charge in [-0.05, 0) is 44.4 Å². The summed E-state index contributed by atoms with van der Waals surface area (Å²) in [6.45, 7) is 12.0. The average Bonchev–Trinajstić information content (AvgIpc) is 3.13. The Morgan fingerprint density at radius 2 is 1.94 bits per heavy atom. The van der Waals surface area contributed by atoms with E-state index in [0.29, 0.717) is 36.6 Å². The van der Waals surface area contributed by atoms with E-state index in [4.69, 9.17) is 27.1 Å². The van der Waals surface area contributed by atoms with Gasteiger partial charge in [0.05, 0.1) is 36.0 Å². The fourth-order valence-electron chi connectivity index (χ4n) is 4.53. The number of ether oxygens (including phenoxy) is 1. The molecule has 166 valence electrons.